The molecule has 0 radical (unpaired) electrons. The second-order valence-corrected chi connectivity index (χ2v) is 9.89. The molecule has 0 aliphatic rings. The molecule has 3 aromatic rings. The van der Waals surface area contributed by atoms with Crippen LogP contribution < -0.4 is 0 Å². The molecule has 3 aromatic carbocycles. The molecule has 0 bridgehead atoms. The molecule has 6 nitrogen and oxygen atoms in total. The van der Waals surface area contributed by atoms with Crippen molar-refractivity contribution in [3.8, 4) is 0 Å². The lowest BCUT2D eigenvalue weighted by Gasteiger charge is -2.05. The summed E-state index contributed by atoms with van der Waals surface area (Å²) in [5.74, 6) is 0.255. The van der Waals surface area contributed by atoms with Gasteiger partial charge in [-0.2, -0.15) is 10.2 Å². The van der Waals surface area contributed by atoms with Gasteiger partial charge in [0, 0.05) is 16.2 Å². The van der Waals surface area contributed by atoms with E-state index in [9.17, 15) is 13.2 Å². The Hall–Kier alpha value is -3.23. The van der Waals surface area contributed by atoms with Crippen molar-refractivity contribution in [3.63, 3.8) is 0 Å². The van der Waals surface area contributed by atoms with Crippen LogP contribution in [0.25, 0.3) is 0 Å². The minimum absolute atomic E-state index is 0.206. The third kappa shape index (κ3) is 6.38. The van der Waals surface area contributed by atoms with Gasteiger partial charge in [0.05, 0.1) is 21.2 Å². The van der Waals surface area contributed by atoms with E-state index in [1.807, 2.05) is 24.3 Å². The van der Waals surface area contributed by atoms with Gasteiger partial charge in [0.2, 0.25) is 9.84 Å². The van der Waals surface area contributed by atoms with Crippen LogP contribution in [-0.2, 0) is 19.4 Å². The van der Waals surface area contributed by atoms with E-state index in [0.717, 1.165) is 4.90 Å². The van der Waals surface area contributed by atoms with Crippen molar-refractivity contribution in [2.24, 2.45) is 10.2 Å². The van der Waals surface area contributed by atoms with Gasteiger partial charge in [-0.05, 0) is 67.6 Å². The van der Waals surface area contributed by atoms with Gasteiger partial charge in [-0.25, -0.2) is 13.2 Å². The molecule has 8 heteroatoms. The molecule has 0 aliphatic heterocycles. The van der Waals surface area contributed by atoms with Crippen molar-refractivity contribution in [2.75, 3.05) is 12.4 Å². The van der Waals surface area contributed by atoms with E-state index in [4.69, 9.17) is 4.74 Å². The maximum absolute atomic E-state index is 12.6. The number of esters is 1. The lowest BCUT2D eigenvalue weighted by Crippen LogP contribution is -2.07. The van der Waals surface area contributed by atoms with E-state index < -0.39 is 9.84 Å². The number of carbonyl (C=O) groups excluding carboxylic acids is 1. The number of hydrogen-bond acceptors (Lipinski definition) is 7. The Kier molecular flexibility index (Phi) is 7.97. The molecule has 3 rings (SSSR count). The quantitative estimate of drug-likeness (QED) is 0.124. The zero-order valence-electron chi connectivity index (χ0n) is 17.5. The highest BCUT2D eigenvalue weighted by Crippen LogP contribution is 2.26. The zero-order valence-corrected chi connectivity index (χ0v) is 19.1. The van der Waals surface area contributed by atoms with E-state index in [1.54, 1.807) is 61.2 Å². The first-order valence-electron chi connectivity index (χ1n) is 9.74. The highest BCUT2D eigenvalue weighted by atomic mass is 32.2. The Morgan fingerprint density at radius 1 is 0.875 bits per heavy atom. The second kappa shape index (κ2) is 10.9. The van der Waals surface area contributed by atoms with Gasteiger partial charge >= 0.3 is 5.97 Å². The van der Waals surface area contributed by atoms with Crippen LogP contribution in [0.2, 0.25) is 0 Å². The number of carbonyl (C=O) groups is 1. The molecule has 0 N–H and O–H groups in total. The average molecular weight is 467 g/mol. The highest BCUT2D eigenvalue weighted by molar-refractivity contribution is 7.99. The lowest BCUT2D eigenvalue weighted by atomic mass is 10.3. The Morgan fingerprint density at radius 2 is 1.41 bits per heavy atom. The SMILES string of the molecule is C=C(C)C(=O)OCCSc1ccc(N=Nc2ccc(S(=O)(=O)c3ccccc3)cc2)cc1. The van der Waals surface area contributed by atoms with Gasteiger partial charge < -0.3 is 4.74 Å². The smallest absolute Gasteiger partial charge is 0.333 e. The fourth-order valence-electron chi connectivity index (χ4n) is 2.57. The topological polar surface area (TPSA) is 85.2 Å². The lowest BCUT2D eigenvalue weighted by molar-refractivity contribution is -0.138. The Labute approximate surface area is 192 Å². The number of hydrogen-bond donors (Lipinski definition) is 0. The molecule has 0 saturated carbocycles. The summed E-state index contributed by atoms with van der Waals surface area (Å²) in [5.41, 5.74) is 1.61. The molecule has 32 heavy (non-hydrogen) atoms. The van der Waals surface area contributed by atoms with Gasteiger partial charge in [0.15, 0.2) is 0 Å². The largest absolute Gasteiger partial charge is 0.461 e. The summed E-state index contributed by atoms with van der Waals surface area (Å²) in [6.07, 6.45) is 0. The maximum Gasteiger partial charge on any atom is 0.333 e. The van der Waals surface area contributed by atoms with Crippen LogP contribution in [0, 0.1) is 0 Å². The summed E-state index contributed by atoms with van der Waals surface area (Å²) in [7, 11) is -3.55. The van der Waals surface area contributed by atoms with Gasteiger partial charge in [-0.3, -0.25) is 0 Å². The molecule has 0 aromatic heterocycles. The van der Waals surface area contributed by atoms with E-state index in [1.165, 1.54) is 12.1 Å². The maximum atomic E-state index is 12.6. The van der Waals surface area contributed by atoms with E-state index in [2.05, 4.69) is 16.8 Å². The summed E-state index contributed by atoms with van der Waals surface area (Å²) in [6.45, 7) is 5.47. The fraction of sp³-hybridized carbons (Fsp3) is 0.125. The van der Waals surface area contributed by atoms with Crippen LogP contribution in [0.3, 0.4) is 0 Å². The standard InChI is InChI=1S/C24H22N2O4S2/c1-18(2)24(27)30-16-17-31-21-12-8-19(9-13-21)25-26-20-10-14-23(15-11-20)32(28,29)22-6-4-3-5-7-22/h3-15H,1,16-17H2,2H3. The van der Waals surface area contributed by atoms with Gasteiger partial charge in [0.1, 0.15) is 6.61 Å². The summed E-state index contributed by atoms with van der Waals surface area (Å²) in [6, 6.07) is 22.1. The summed E-state index contributed by atoms with van der Waals surface area (Å²) >= 11 is 1.56. The van der Waals surface area contributed by atoms with Crippen LogP contribution in [0.1, 0.15) is 6.92 Å². The number of nitrogens with zero attached hydrogens (tertiary/aromatic N) is 2. The molecule has 0 atom stereocenters. The summed E-state index contributed by atoms with van der Waals surface area (Å²) in [4.78, 5) is 12.8. The number of benzene rings is 3. The number of azo groups is 1. The Bertz CT molecular complexity index is 1210. The van der Waals surface area contributed by atoms with Gasteiger partial charge in [-0.1, -0.05) is 24.8 Å². The monoisotopic (exact) mass is 466 g/mol. The summed E-state index contributed by atoms with van der Waals surface area (Å²) in [5, 5.41) is 8.36. The molecular weight excluding hydrogens is 444 g/mol. The molecule has 0 fully saturated rings. The van der Waals surface area contributed by atoms with Gasteiger partial charge in [-0.15, -0.1) is 11.8 Å². The number of rotatable bonds is 9. The number of ether oxygens (including phenoxy) is 1. The molecular formula is C24H22N2O4S2. The second-order valence-electron chi connectivity index (χ2n) is 6.77. The fourth-order valence-corrected chi connectivity index (χ4v) is 4.58. The van der Waals surface area contributed by atoms with Crippen LogP contribution in [0.4, 0.5) is 11.4 Å². The van der Waals surface area contributed by atoms with Crippen molar-refractivity contribution in [3.05, 3.63) is 91.0 Å². The minimum Gasteiger partial charge on any atom is -0.461 e. The van der Waals surface area contributed by atoms with Crippen LogP contribution >= 0.6 is 11.8 Å². The predicted octanol–water partition coefficient (Wildman–Crippen LogP) is 6.15. The van der Waals surface area contributed by atoms with Crippen molar-refractivity contribution in [2.45, 2.75) is 21.6 Å². The van der Waals surface area contributed by atoms with E-state index in [-0.39, 0.29) is 15.8 Å². The molecule has 0 saturated heterocycles. The van der Waals surface area contributed by atoms with Crippen molar-refractivity contribution < 1.29 is 17.9 Å². The van der Waals surface area contributed by atoms with Crippen LogP contribution in [-0.4, -0.2) is 26.7 Å². The Morgan fingerprint density at radius 3 is 1.97 bits per heavy atom. The predicted molar refractivity (Wildman–Crippen MR) is 125 cm³/mol. The van der Waals surface area contributed by atoms with Gasteiger partial charge in [0.25, 0.3) is 0 Å². The molecule has 0 heterocycles. The normalized spacial score (nSPS) is 11.4. The Balaban J connectivity index is 1.56. The third-order valence-corrected chi connectivity index (χ3v) is 7.01. The molecule has 0 unspecified atom stereocenters. The van der Waals surface area contributed by atoms with Crippen LogP contribution in [0.5, 0.6) is 0 Å². The minimum atomic E-state index is -3.55. The zero-order chi connectivity index (χ0) is 23.0. The number of thioether (sulfide) groups is 1. The van der Waals surface area contributed by atoms with Crippen molar-refractivity contribution >= 4 is 38.9 Å². The molecule has 0 aliphatic carbocycles. The highest BCUT2D eigenvalue weighted by Gasteiger charge is 2.16. The first kappa shape index (κ1) is 23.4. The van der Waals surface area contributed by atoms with E-state index >= 15 is 0 Å². The number of sulfone groups is 1. The first-order valence-corrected chi connectivity index (χ1v) is 12.2. The van der Waals surface area contributed by atoms with E-state index in [0.29, 0.717) is 29.3 Å². The van der Waals surface area contributed by atoms with Crippen molar-refractivity contribution in [1.29, 1.82) is 0 Å². The van der Waals surface area contributed by atoms with Crippen LogP contribution in [0.15, 0.2) is 116 Å². The molecule has 0 spiro atoms. The van der Waals surface area contributed by atoms with Crippen molar-refractivity contribution in [1.82, 2.24) is 0 Å². The third-order valence-electron chi connectivity index (χ3n) is 4.25. The average Bonchev–Trinajstić information content (AvgIpc) is 2.82. The molecule has 164 valence electrons. The summed E-state index contributed by atoms with van der Waals surface area (Å²) < 4.78 is 30.3. The molecule has 0 amide bonds. The first-order chi connectivity index (χ1) is 15.4.